The van der Waals surface area contributed by atoms with Crippen molar-refractivity contribution in [1.29, 1.82) is 0 Å². The number of nitrogens with zero attached hydrogens (tertiary/aromatic N) is 2. The van der Waals surface area contributed by atoms with Gasteiger partial charge in [-0.25, -0.2) is 18.7 Å². The molecule has 1 aliphatic heterocycles. The molecule has 2 aromatic heterocycles. The summed E-state index contributed by atoms with van der Waals surface area (Å²) in [7, 11) is 0. The number of nitrogens with one attached hydrogen (secondary N) is 3. The standard InChI is InChI=1S/C20H18F2N6O5/c21-20(22)9-28(7-11(20)8-33-12-3-1-10(2-4-12)16(23)29)15-5-14(26-27-18(15)31)13-6-24-19(32)25-17(13)30/h1-6,11H,7-9H2,(H2,23,29)(H,27,31)(H2,24,25,30,32). The van der Waals surface area contributed by atoms with Crippen LogP contribution in [-0.2, 0) is 0 Å². The molecule has 0 aliphatic carbocycles. The molecule has 0 bridgehead atoms. The lowest BCUT2D eigenvalue weighted by molar-refractivity contribution is -0.0354. The maximum Gasteiger partial charge on any atom is 0.325 e. The normalized spacial score (nSPS) is 17.2. The van der Waals surface area contributed by atoms with E-state index in [0.717, 1.165) is 6.20 Å². The molecule has 1 saturated heterocycles. The summed E-state index contributed by atoms with van der Waals surface area (Å²) in [5.41, 5.74) is 3.10. The number of hydrogen-bond donors (Lipinski definition) is 4. The van der Waals surface area contributed by atoms with Gasteiger partial charge in [-0.3, -0.25) is 19.4 Å². The molecule has 0 saturated carbocycles. The summed E-state index contributed by atoms with van der Waals surface area (Å²) in [5, 5.41) is 5.96. The maximum atomic E-state index is 14.7. The van der Waals surface area contributed by atoms with Crippen LogP contribution in [0.4, 0.5) is 14.5 Å². The van der Waals surface area contributed by atoms with Crippen molar-refractivity contribution in [3.8, 4) is 17.0 Å². The minimum Gasteiger partial charge on any atom is -0.493 e. The number of halogens is 2. The molecule has 13 heteroatoms. The predicted molar refractivity (Wildman–Crippen MR) is 113 cm³/mol. The van der Waals surface area contributed by atoms with Crippen molar-refractivity contribution in [2.45, 2.75) is 5.92 Å². The van der Waals surface area contributed by atoms with E-state index in [1.165, 1.54) is 35.2 Å². The van der Waals surface area contributed by atoms with Crippen molar-refractivity contribution in [1.82, 2.24) is 20.2 Å². The molecule has 172 valence electrons. The van der Waals surface area contributed by atoms with E-state index in [1.54, 1.807) is 0 Å². The first-order valence-corrected chi connectivity index (χ1v) is 9.71. The summed E-state index contributed by atoms with van der Waals surface area (Å²) in [5.74, 6) is -4.74. The van der Waals surface area contributed by atoms with Crippen LogP contribution in [0, 0.1) is 5.92 Å². The Balaban J connectivity index is 1.53. The molecule has 33 heavy (non-hydrogen) atoms. The lowest BCUT2D eigenvalue weighted by atomic mass is 10.1. The Morgan fingerprint density at radius 1 is 1.21 bits per heavy atom. The lowest BCUT2D eigenvalue weighted by Gasteiger charge is -2.17. The SMILES string of the molecule is NC(=O)c1ccc(OCC2CN(c3cc(-c4c[nH]c(=O)[nH]c4=O)n[nH]c3=O)CC2(F)F)cc1. The number of carbonyl (C=O) groups is 1. The molecule has 1 atom stereocenters. The smallest absolute Gasteiger partial charge is 0.325 e. The minimum absolute atomic E-state index is 0.000318. The summed E-state index contributed by atoms with van der Waals surface area (Å²) in [6, 6.07) is 6.96. The molecule has 1 aromatic carbocycles. The highest BCUT2D eigenvalue weighted by atomic mass is 19.3. The maximum absolute atomic E-state index is 14.7. The highest BCUT2D eigenvalue weighted by Gasteiger charge is 2.49. The van der Waals surface area contributed by atoms with Crippen molar-refractivity contribution < 1.29 is 18.3 Å². The van der Waals surface area contributed by atoms with E-state index >= 15 is 0 Å². The zero-order chi connectivity index (χ0) is 23.8. The number of anilines is 1. The number of benzene rings is 1. The highest BCUT2D eigenvalue weighted by Crippen LogP contribution is 2.35. The van der Waals surface area contributed by atoms with Crippen LogP contribution in [0.1, 0.15) is 10.4 Å². The molecule has 3 heterocycles. The Hall–Kier alpha value is -4.29. The molecular weight excluding hydrogens is 442 g/mol. The fraction of sp³-hybridized carbons (Fsp3) is 0.250. The van der Waals surface area contributed by atoms with Gasteiger partial charge in [0.2, 0.25) is 5.91 Å². The van der Waals surface area contributed by atoms with Gasteiger partial charge in [0.05, 0.1) is 30.3 Å². The number of amides is 1. The van der Waals surface area contributed by atoms with Gasteiger partial charge < -0.3 is 20.4 Å². The first-order valence-electron chi connectivity index (χ1n) is 9.71. The zero-order valence-electron chi connectivity index (χ0n) is 16.9. The third kappa shape index (κ3) is 4.51. The van der Waals surface area contributed by atoms with Crippen molar-refractivity contribution in [2.24, 2.45) is 11.7 Å². The van der Waals surface area contributed by atoms with Gasteiger partial charge in [0.1, 0.15) is 11.4 Å². The summed E-state index contributed by atoms with van der Waals surface area (Å²) >= 11 is 0. The van der Waals surface area contributed by atoms with Gasteiger partial charge in [-0.15, -0.1) is 0 Å². The summed E-state index contributed by atoms with van der Waals surface area (Å²) in [6.45, 7) is -1.27. The summed E-state index contributed by atoms with van der Waals surface area (Å²) < 4.78 is 34.8. The molecule has 1 unspecified atom stereocenters. The summed E-state index contributed by atoms with van der Waals surface area (Å²) in [4.78, 5) is 52.1. The molecule has 1 fully saturated rings. The van der Waals surface area contributed by atoms with Crippen LogP contribution in [0.5, 0.6) is 5.75 Å². The zero-order valence-corrected chi connectivity index (χ0v) is 16.9. The largest absolute Gasteiger partial charge is 0.493 e. The van der Waals surface area contributed by atoms with E-state index in [-0.39, 0.29) is 41.4 Å². The third-order valence-electron chi connectivity index (χ3n) is 5.25. The molecule has 0 radical (unpaired) electrons. The van der Waals surface area contributed by atoms with Crippen molar-refractivity contribution in [3.63, 3.8) is 0 Å². The van der Waals surface area contributed by atoms with Gasteiger partial charge in [-0.2, -0.15) is 5.10 Å². The average molecular weight is 460 g/mol. The molecule has 3 aromatic rings. The molecule has 1 amide bonds. The monoisotopic (exact) mass is 460 g/mol. The number of carbonyl (C=O) groups excluding carboxylic acids is 1. The van der Waals surface area contributed by atoms with Gasteiger partial charge >= 0.3 is 5.69 Å². The Kier molecular flexibility index (Phi) is 5.54. The van der Waals surface area contributed by atoms with E-state index < -0.39 is 41.1 Å². The number of nitrogens with two attached hydrogens (primary N) is 1. The van der Waals surface area contributed by atoms with Crippen LogP contribution >= 0.6 is 0 Å². The van der Waals surface area contributed by atoms with E-state index in [9.17, 15) is 28.0 Å². The van der Waals surface area contributed by atoms with Crippen LogP contribution in [0.15, 0.2) is 50.9 Å². The number of aromatic nitrogens is 4. The van der Waals surface area contributed by atoms with E-state index in [0.29, 0.717) is 0 Å². The van der Waals surface area contributed by atoms with Crippen LogP contribution in [-0.4, -0.2) is 51.7 Å². The first kappa shape index (κ1) is 21.9. The molecule has 0 spiro atoms. The molecule has 1 aliphatic rings. The number of hydrogen-bond acceptors (Lipinski definition) is 7. The molecule has 5 N–H and O–H groups in total. The quantitative estimate of drug-likeness (QED) is 0.403. The van der Waals surface area contributed by atoms with Gasteiger partial charge in [0.25, 0.3) is 17.0 Å². The second-order valence-corrected chi connectivity index (χ2v) is 7.49. The van der Waals surface area contributed by atoms with Crippen molar-refractivity contribution in [2.75, 3.05) is 24.6 Å². The second-order valence-electron chi connectivity index (χ2n) is 7.49. The Morgan fingerprint density at radius 3 is 2.61 bits per heavy atom. The molecular formula is C20H18F2N6O5. The van der Waals surface area contributed by atoms with E-state index in [1.807, 2.05) is 4.98 Å². The van der Waals surface area contributed by atoms with E-state index in [4.69, 9.17) is 10.5 Å². The van der Waals surface area contributed by atoms with Gasteiger partial charge in [0, 0.05) is 18.3 Å². The number of primary amides is 1. The summed E-state index contributed by atoms with van der Waals surface area (Å²) in [6.07, 6.45) is 1.12. The second kappa shape index (κ2) is 8.33. The van der Waals surface area contributed by atoms with Crippen LogP contribution in [0.3, 0.4) is 0 Å². The van der Waals surface area contributed by atoms with Gasteiger partial charge in [0.15, 0.2) is 0 Å². The van der Waals surface area contributed by atoms with Gasteiger partial charge in [-0.05, 0) is 30.3 Å². The van der Waals surface area contributed by atoms with Crippen molar-refractivity contribution >= 4 is 11.6 Å². The number of alkyl halides is 2. The molecule has 11 nitrogen and oxygen atoms in total. The third-order valence-corrected chi connectivity index (χ3v) is 5.25. The van der Waals surface area contributed by atoms with Crippen LogP contribution in [0.25, 0.3) is 11.3 Å². The highest BCUT2D eigenvalue weighted by molar-refractivity contribution is 5.92. The minimum atomic E-state index is -3.17. The number of H-pyrrole nitrogens is 3. The predicted octanol–water partition coefficient (Wildman–Crippen LogP) is 0.0629. The van der Waals surface area contributed by atoms with Crippen LogP contribution in [0.2, 0.25) is 0 Å². The molecule has 4 rings (SSSR count). The Bertz CT molecular complexity index is 1360. The Morgan fingerprint density at radius 2 is 1.94 bits per heavy atom. The average Bonchev–Trinajstić information content (AvgIpc) is 3.07. The first-order chi connectivity index (χ1) is 15.6. The van der Waals surface area contributed by atoms with Crippen LogP contribution < -0.4 is 32.2 Å². The Labute approximate surface area is 183 Å². The van der Waals surface area contributed by atoms with Crippen molar-refractivity contribution in [3.05, 3.63) is 73.3 Å². The lowest BCUT2D eigenvalue weighted by Crippen LogP contribution is -2.32. The van der Waals surface area contributed by atoms with Gasteiger partial charge in [-0.1, -0.05) is 0 Å². The fourth-order valence-corrected chi connectivity index (χ4v) is 3.49. The fourth-order valence-electron chi connectivity index (χ4n) is 3.49. The number of aromatic amines is 3. The topological polar surface area (TPSA) is 167 Å². The number of rotatable bonds is 6. The number of ether oxygens (including phenoxy) is 1. The van der Waals surface area contributed by atoms with E-state index in [2.05, 4.69) is 15.2 Å².